The molecular formula is C14H20BrNO4S. The van der Waals surface area contributed by atoms with E-state index in [1.54, 1.807) is 10.4 Å². The SMILES string of the molecule is COc1cc(S(=O)(=O)N2CCCC[C@H]2C)c(OC)cc1Br. The molecule has 1 aliphatic rings. The summed E-state index contributed by atoms with van der Waals surface area (Å²) in [5.41, 5.74) is 0. The van der Waals surface area contributed by atoms with Crippen LogP contribution in [0.4, 0.5) is 0 Å². The van der Waals surface area contributed by atoms with Crippen molar-refractivity contribution in [3.05, 3.63) is 16.6 Å². The Labute approximate surface area is 134 Å². The average Bonchev–Trinajstić information content (AvgIpc) is 2.46. The predicted molar refractivity (Wildman–Crippen MR) is 84.5 cm³/mol. The Morgan fingerprint density at radius 3 is 2.43 bits per heavy atom. The molecule has 1 atom stereocenters. The van der Waals surface area contributed by atoms with Gasteiger partial charge in [0.05, 0.1) is 18.7 Å². The van der Waals surface area contributed by atoms with Crippen LogP contribution in [0.5, 0.6) is 11.5 Å². The van der Waals surface area contributed by atoms with Crippen molar-refractivity contribution in [1.29, 1.82) is 0 Å². The maximum absolute atomic E-state index is 12.9. The Morgan fingerprint density at radius 1 is 1.19 bits per heavy atom. The standard InChI is InChI=1S/C14H20BrNO4S/c1-10-6-4-5-7-16(10)21(17,18)14-9-12(19-2)11(15)8-13(14)20-3/h8-10H,4-7H2,1-3H3/t10-/m1/s1. The number of rotatable bonds is 4. The molecule has 1 fully saturated rings. The minimum absolute atomic E-state index is 0.00287. The van der Waals surface area contributed by atoms with E-state index in [2.05, 4.69) is 15.9 Å². The van der Waals surface area contributed by atoms with Crippen molar-refractivity contribution >= 4 is 26.0 Å². The van der Waals surface area contributed by atoms with Crippen LogP contribution in [0.25, 0.3) is 0 Å². The molecule has 7 heteroatoms. The van der Waals surface area contributed by atoms with Crippen molar-refractivity contribution < 1.29 is 17.9 Å². The normalized spacial score (nSPS) is 20.3. The first-order valence-corrected chi connectivity index (χ1v) is 9.08. The number of hydrogen-bond donors (Lipinski definition) is 0. The summed E-state index contributed by atoms with van der Waals surface area (Å²) in [6, 6.07) is 3.14. The summed E-state index contributed by atoms with van der Waals surface area (Å²) < 4.78 is 38.5. The van der Waals surface area contributed by atoms with Gasteiger partial charge in [-0.2, -0.15) is 4.31 Å². The molecule has 1 aromatic rings. The minimum Gasteiger partial charge on any atom is -0.496 e. The molecule has 0 amide bonds. The number of ether oxygens (including phenoxy) is 2. The Balaban J connectivity index is 2.52. The lowest BCUT2D eigenvalue weighted by atomic mass is 10.1. The van der Waals surface area contributed by atoms with Crippen molar-refractivity contribution in [2.24, 2.45) is 0 Å². The second kappa shape index (κ2) is 6.54. The summed E-state index contributed by atoms with van der Waals surface area (Å²) in [5, 5.41) is 0. The third kappa shape index (κ3) is 3.19. The van der Waals surface area contributed by atoms with Gasteiger partial charge in [-0.05, 0) is 41.8 Å². The number of piperidine rings is 1. The van der Waals surface area contributed by atoms with E-state index in [1.165, 1.54) is 20.3 Å². The lowest BCUT2D eigenvalue weighted by molar-refractivity contribution is 0.267. The van der Waals surface area contributed by atoms with E-state index in [9.17, 15) is 8.42 Å². The van der Waals surface area contributed by atoms with E-state index in [-0.39, 0.29) is 10.9 Å². The summed E-state index contributed by atoms with van der Waals surface area (Å²) in [6.45, 7) is 2.49. The maximum Gasteiger partial charge on any atom is 0.247 e. The van der Waals surface area contributed by atoms with Crippen LogP contribution < -0.4 is 9.47 Å². The lowest BCUT2D eigenvalue weighted by Gasteiger charge is -2.32. The smallest absolute Gasteiger partial charge is 0.247 e. The predicted octanol–water partition coefficient (Wildman–Crippen LogP) is 3.03. The monoisotopic (exact) mass is 377 g/mol. The molecule has 0 spiro atoms. The van der Waals surface area contributed by atoms with E-state index in [4.69, 9.17) is 9.47 Å². The number of nitrogens with zero attached hydrogens (tertiary/aromatic N) is 1. The van der Waals surface area contributed by atoms with Gasteiger partial charge in [0.2, 0.25) is 10.0 Å². The van der Waals surface area contributed by atoms with E-state index in [0.717, 1.165) is 19.3 Å². The highest BCUT2D eigenvalue weighted by molar-refractivity contribution is 9.10. The zero-order valence-corrected chi connectivity index (χ0v) is 14.8. The van der Waals surface area contributed by atoms with Gasteiger partial charge in [-0.25, -0.2) is 8.42 Å². The Kier molecular flexibility index (Phi) is 5.16. The van der Waals surface area contributed by atoms with Gasteiger partial charge in [-0.3, -0.25) is 0 Å². The third-order valence-corrected chi connectivity index (χ3v) is 6.42. The molecule has 0 aromatic heterocycles. The minimum atomic E-state index is -3.60. The first kappa shape index (κ1) is 16.6. The summed E-state index contributed by atoms with van der Waals surface area (Å²) >= 11 is 3.34. The zero-order valence-electron chi connectivity index (χ0n) is 12.4. The molecule has 1 heterocycles. The van der Waals surface area contributed by atoms with Crippen molar-refractivity contribution in [3.63, 3.8) is 0 Å². The van der Waals surface area contributed by atoms with E-state index in [0.29, 0.717) is 22.5 Å². The van der Waals surface area contributed by atoms with Gasteiger partial charge in [0.1, 0.15) is 16.4 Å². The first-order chi connectivity index (χ1) is 9.91. The molecule has 0 bridgehead atoms. The summed E-state index contributed by atoms with van der Waals surface area (Å²) in [7, 11) is -0.624. The van der Waals surface area contributed by atoms with Crippen LogP contribution in [0.3, 0.4) is 0 Å². The maximum atomic E-state index is 12.9. The van der Waals surface area contributed by atoms with Gasteiger partial charge in [0.15, 0.2) is 0 Å². The zero-order chi connectivity index (χ0) is 15.6. The molecule has 0 saturated carbocycles. The van der Waals surface area contributed by atoms with Crippen LogP contribution in [0.15, 0.2) is 21.5 Å². The second-order valence-corrected chi connectivity index (χ2v) is 7.81. The molecule has 0 aliphatic carbocycles. The quantitative estimate of drug-likeness (QED) is 0.808. The van der Waals surface area contributed by atoms with Gasteiger partial charge in [-0.1, -0.05) is 6.42 Å². The molecule has 0 N–H and O–H groups in total. The third-order valence-electron chi connectivity index (χ3n) is 3.77. The Bertz CT molecular complexity index is 618. The van der Waals surface area contributed by atoms with Crippen molar-refractivity contribution in [1.82, 2.24) is 4.31 Å². The number of hydrogen-bond acceptors (Lipinski definition) is 4. The molecule has 1 saturated heterocycles. The summed E-state index contributed by atoms with van der Waals surface area (Å²) in [5.74, 6) is 0.791. The molecule has 118 valence electrons. The fourth-order valence-electron chi connectivity index (χ4n) is 2.59. The molecule has 21 heavy (non-hydrogen) atoms. The van der Waals surface area contributed by atoms with E-state index in [1.807, 2.05) is 6.92 Å². The topological polar surface area (TPSA) is 55.8 Å². The average molecular weight is 378 g/mol. The van der Waals surface area contributed by atoms with Gasteiger partial charge in [0.25, 0.3) is 0 Å². The Morgan fingerprint density at radius 2 is 1.86 bits per heavy atom. The lowest BCUT2D eigenvalue weighted by Crippen LogP contribution is -2.42. The molecule has 1 aliphatic heterocycles. The summed E-state index contributed by atoms with van der Waals surface area (Å²) in [6.07, 6.45) is 2.84. The fraction of sp³-hybridized carbons (Fsp3) is 0.571. The molecule has 1 aromatic carbocycles. The van der Waals surface area contributed by atoms with Gasteiger partial charge in [-0.15, -0.1) is 0 Å². The second-order valence-electron chi connectivity index (χ2n) is 5.10. The van der Waals surface area contributed by atoms with Crippen LogP contribution in [0.1, 0.15) is 26.2 Å². The largest absolute Gasteiger partial charge is 0.496 e. The van der Waals surface area contributed by atoms with Gasteiger partial charge >= 0.3 is 0 Å². The van der Waals surface area contributed by atoms with Crippen LogP contribution in [0, 0.1) is 0 Å². The number of sulfonamides is 1. The van der Waals surface area contributed by atoms with Crippen molar-refractivity contribution in [2.45, 2.75) is 37.1 Å². The fourth-order valence-corrected chi connectivity index (χ4v) is 4.93. The number of halogens is 1. The molecular weight excluding hydrogens is 358 g/mol. The number of benzene rings is 1. The van der Waals surface area contributed by atoms with Crippen LogP contribution in [-0.2, 0) is 10.0 Å². The van der Waals surface area contributed by atoms with Gasteiger partial charge < -0.3 is 9.47 Å². The molecule has 0 unspecified atom stereocenters. The number of methoxy groups -OCH3 is 2. The Hall–Kier alpha value is -0.790. The van der Waals surface area contributed by atoms with Crippen LogP contribution in [-0.4, -0.2) is 39.5 Å². The molecule has 2 rings (SSSR count). The highest BCUT2D eigenvalue weighted by Crippen LogP contribution is 2.37. The van der Waals surface area contributed by atoms with E-state index < -0.39 is 10.0 Å². The molecule has 0 radical (unpaired) electrons. The highest BCUT2D eigenvalue weighted by Gasteiger charge is 2.33. The van der Waals surface area contributed by atoms with Crippen LogP contribution in [0.2, 0.25) is 0 Å². The van der Waals surface area contributed by atoms with Crippen LogP contribution >= 0.6 is 15.9 Å². The van der Waals surface area contributed by atoms with Gasteiger partial charge in [0, 0.05) is 18.7 Å². The van der Waals surface area contributed by atoms with E-state index >= 15 is 0 Å². The molecule has 5 nitrogen and oxygen atoms in total. The summed E-state index contributed by atoms with van der Waals surface area (Å²) in [4.78, 5) is 0.152. The van der Waals surface area contributed by atoms with Crippen molar-refractivity contribution in [2.75, 3.05) is 20.8 Å². The first-order valence-electron chi connectivity index (χ1n) is 6.85. The highest BCUT2D eigenvalue weighted by atomic mass is 79.9. The van der Waals surface area contributed by atoms with Crippen molar-refractivity contribution in [3.8, 4) is 11.5 Å².